The zero-order valence-corrected chi connectivity index (χ0v) is 13.5. The maximum absolute atomic E-state index is 8.91. The third-order valence-corrected chi connectivity index (χ3v) is 3.87. The van der Waals surface area contributed by atoms with Crippen molar-refractivity contribution in [3.05, 3.63) is 17.2 Å². The van der Waals surface area contributed by atoms with Crippen molar-refractivity contribution >= 4 is 12.4 Å². The normalized spacial score (nSPS) is 18.8. The zero-order chi connectivity index (χ0) is 14.8. The van der Waals surface area contributed by atoms with Gasteiger partial charge in [-0.2, -0.15) is 0 Å². The van der Waals surface area contributed by atoms with Gasteiger partial charge in [0.1, 0.15) is 6.04 Å². The quantitative estimate of drug-likeness (QED) is 0.840. The minimum absolute atomic E-state index is 0. The summed E-state index contributed by atoms with van der Waals surface area (Å²) in [5, 5.41) is 8.91. The summed E-state index contributed by atoms with van der Waals surface area (Å²) < 4.78 is 16.6. The highest BCUT2D eigenvalue weighted by Gasteiger charge is 2.33. The second kappa shape index (κ2) is 7.10. The first-order chi connectivity index (χ1) is 10.3. The Bertz CT molecular complexity index is 608. The Morgan fingerprint density at radius 2 is 2.27 bits per heavy atom. The van der Waals surface area contributed by atoms with Gasteiger partial charge in [0.05, 0.1) is 13.7 Å². The molecule has 2 aliphatic heterocycles. The van der Waals surface area contributed by atoms with E-state index in [1.54, 1.807) is 7.11 Å². The molecule has 0 aromatic heterocycles. The van der Waals surface area contributed by atoms with Gasteiger partial charge in [0.25, 0.3) is 0 Å². The molecule has 120 valence electrons. The highest BCUT2D eigenvalue weighted by Crippen LogP contribution is 2.49. The van der Waals surface area contributed by atoms with Gasteiger partial charge < -0.3 is 19.3 Å². The van der Waals surface area contributed by atoms with E-state index < -0.39 is 0 Å². The molecule has 1 atom stereocenters. The summed E-state index contributed by atoms with van der Waals surface area (Å²) >= 11 is 0. The van der Waals surface area contributed by atoms with Crippen LogP contribution in [0.3, 0.4) is 0 Å². The number of nitrogens with zero attached hydrogens (tertiary/aromatic N) is 1. The molecule has 2 heterocycles. The van der Waals surface area contributed by atoms with Crippen LogP contribution in [0.25, 0.3) is 0 Å². The topological polar surface area (TPSA) is 51.2 Å². The second-order valence-electron chi connectivity index (χ2n) is 5.14. The molecule has 22 heavy (non-hydrogen) atoms. The summed E-state index contributed by atoms with van der Waals surface area (Å²) in [6.45, 7) is 1.23. The first-order valence-corrected chi connectivity index (χ1v) is 7.05. The van der Waals surface area contributed by atoms with E-state index in [9.17, 15) is 0 Å². The van der Waals surface area contributed by atoms with Crippen LogP contribution in [0.15, 0.2) is 6.07 Å². The van der Waals surface area contributed by atoms with Crippen LogP contribution in [-0.2, 0) is 6.42 Å². The van der Waals surface area contributed by atoms with E-state index in [2.05, 4.69) is 16.7 Å². The van der Waals surface area contributed by atoms with Crippen molar-refractivity contribution in [1.82, 2.24) is 4.90 Å². The SMILES string of the molecule is COc1c2c(cc3c1C(C#CCCO)N(C)CC3)OCO2.Cl. The Morgan fingerprint density at radius 3 is 3.00 bits per heavy atom. The molecule has 5 nitrogen and oxygen atoms in total. The van der Waals surface area contributed by atoms with Crippen molar-refractivity contribution in [2.75, 3.05) is 34.1 Å². The van der Waals surface area contributed by atoms with Gasteiger partial charge in [-0.05, 0) is 25.1 Å². The lowest BCUT2D eigenvalue weighted by atomic mass is 9.91. The van der Waals surface area contributed by atoms with Gasteiger partial charge >= 0.3 is 0 Å². The predicted octanol–water partition coefficient (Wildman–Crippen LogP) is 1.76. The summed E-state index contributed by atoms with van der Waals surface area (Å²) in [6.07, 6.45) is 1.41. The number of fused-ring (bicyclic) bond motifs is 2. The molecule has 0 radical (unpaired) electrons. The van der Waals surface area contributed by atoms with Gasteiger partial charge in [-0.3, -0.25) is 4.90 Å². The van der Waals surface area contributed by atoms with E-state index in [0.717, 1.165) is 30.0 Å². The standard InChI is InChI=1S/C16H19NO4.ClH/c1-17-7-6-11-9-13-15(21-10-20-13)16(19-2)14(11)12(17)5-3-4-8-18;/h9,12,18H,4,6-8,10H2,1-2H3;1H. The molecular formula is C16H20ClNO4. The van der Waals surface area contributed by atoms with Gasteiger partial charge in [-0.25, -0.2) is 0 Å². The molecule has 3 rings (SSSR count). The van der Waals surface area contributed by atoms with Crippen molar-refractivity contribution in [3.8, 4) is 29.1 Å². The number of methoxy groups -OCH3 is 1. The molecule has 0 spiro atoms. The molecule has 0 bridgehead atoms. The summed E-state index contributed by atoms with van der Waals surface area (Å²) in [5.74, 6) is 8.39. The fraction of sp³-hybridized carbons (Fsp3) is 0.500. The lowest BCUT2D eigenvalue weighted by Gasteiger charge is -2.32. The van der Waals surface area contributed by atoms with Crippen LogP contribution >= 0.6 is 12.4 Å². The highest BCUT2D eigenvalue weighted by molar-refractivity contribution is 5.85. The van der Waals surface area contributed by atoms with Crippen LogP contribution in [0.5, 0.6) is 17.2 Å². The van der Waals surface area contributed by atoms with Crippen molar-refractivity contribution in [1.29, 1.82) is 0 Å². The number of hydrogen-bond acceptors (Lipinski definition) is 5. The smallest absolute Gasteiger partial charge is 0.231 e. The van der Waals surface area contributed by atoms with E-state index in [-0.39, 0.29) is 31.8 Å². The lowest BCUT2D eigenvalue weighted by Crippen LogP contribution is -2.31. The molecule has 1 aromatic carbocycles. The fourth-order valence-electron chi connectivity index (χ4n) is 2.84. The minimum Gasteiger partial charge on any atom is -0.492 e. The van der Waals surface area contributed by atoms with Gasteiger partial charge in [0.15, 0.2) is 11.5 Å². The molecule has 0 amide bonds. The number of likely N-dealkylation sites (N-methyl/N-ethyl adjacent to an activating group) is 1. The van der Waals surface area contributed by atoms with Crippen LogP contribution < -0.4 is 14.2 Å². The van der Waals surface area contributed by atoms with Gasteiger partial charge in [-0.15, -0.1) is 12.4 Å². The maximum Gasteiger partial charge on any atom is 0.231 e. The molecule has 0 saturated heterocycles. The number of aliphatic hydroxyl groups is 1. The average molecular weight is 326 g/mol. The van der Waals surface area contributed by atoms with E-state index in [0.29, 0.717) is 12.2 Å². The number of hydrogen-bond donors (Lipinski definition) is 1. The molecule has 6 heteroatoms. The Kier molecular flexibility index (Phi) is 5.41. The molecule has 1 unspecified atom stereocenters. The maximum atomic E-state index is 8.91. The molecule has 0 fully saturated rings. The van der Waals surface area contributed by atoms with Crippen LogP contribution in [0.4, 0.5) is 0 Å². The molecule has 2 aliphatic rings. The highest BCUT2D eigenvalue weighted by atomic mass is 35.5. The Balaban J connectivity index is 0.00000176. The molecule has 0 saturated carbocycles. The summed E-state index contributed by atoms with van der Waals surface area (Å²) in [5.41, 5.74) is 2.25. The summed E-state index contributed by atoms with van der Waals surface area (Å²) in [7, 11) is 3.69. The van der Waals surface area contributed by atoms with E-state index >= 15 is 0 Å². The number of aliphatic hydroxyl groups excluding tert-OH is 1. The van der Waals surface area contributed by atoms with Crippen LogP contribution in [0.2, 0.25) is 0 Å². The van der Waals surface area contributed by atoms with E-state index in [1.807, 2.05) is 13.1 Å². The molecule has 1 N–H and O–H groups in total. The third-order valence-electron chi connectivity index (χ3n) is 3.87. The summed E-state index contributed by atoms with van der Waals surface area (Å²) in [6, 6.07) is 1.98. The minimum atomic E-state index is -0.0512. The monoisotopic (exact) mass is 325 g/mol. The number of benzene rings is 1. The molecule has 0 aliphatic carbocycles. The van der Waals surface area contributed by atoms with Crippen LogP contribution in [0, 0.1) is 11.8 Å². The van der Waals surface area contributed by atoms with Crippen molar-refractivity contribution < 1.29 is 19.3 Å². The average Bonchev–Trinajstić information content (AvgIpc) is 2.95. The first-order valence-electron chi connectivity index (χ1n) is 7.05. The van der Waals surface area contributed by atoms with Gasteiger partial charge in [0, 0.05) is 18.5 Å². The number of halogens is 1. The van der Waals surface area contributed by atoms with E-state index in [1.165, 1.54) is 5.56 Å². The van der Waals surface area contributed by atoms with Crippen LogP contribution in [0.1, 0.15) is 23.6 Å². The van der Waals surface area contributed by atoms with Gasteiger partial charge in [-0.1, -0.05) is 11.8 Å². The Morgan fingerprint density at radius 1 is 1.45 bits per heavy atom. The fourth-order valence-corrected chi connectivity index (χ4v) is 2.84. The first kappa shape index (κ1) is 16.8. The Labute approximate surface area is 136 Å². The third kappa shape index (κ3) is 2.82. The number of ether oxygens (including phenoxy) is 3. The summed E-state index contributed by atoms with van der Waals surface area (Å²) in [4.78, 5) is 2.19. The number of rotatable bonds is 2. The van der Waals surface area contributed by atoms with Crippen LogP contribution in [-0.4, -0.2) is 44.1 Å². The van der Waals surface area contributed by atoms with Gasteiger partial charge in [0.2, 0.25) is 12.5 Å². The largest absolute Gasteiger partial charge is 0.492 e. The second-order valence-corrected chi connectivity index (χ2v) is 5.14. The molecular weight excluding hydrogens is 306 g/mol. The molecule has 1 aromatic rings. The Hall–Kier alpha value is -1.61. The van der Waals surface area contributed by atoms with E-state index in [4.69, 9.17) is 19.3 Å². The zero-order valence-electron chi connectivity index (χ0n) is 12.7. The predicted molar refractivity (Wildman–Crippen MR) is 84.9 cm³/mol. The van der Waals surface area contributed by atoms with Crippen molar-refractivity contribution in [2.45, 2.75) is 18.9 Å². The lowest BCUT2D eigenvalue weighted by molar-refractivity contribution is 0.171. The van der Waals surface area contributed by atoms with Crippen molar-refractivity contribution in [3.63, 3.8) is 0 Å². The van der Waals surface area contributed by atoms with Crippen molar-refractivity contribution in [2.24, 2.45) is 0 Å².